The van der Waals surface area contributed by atoms with Gasteiger partial charge in [-0.25, -0.2) is 22.0 Å². The van der Waals surface area contributed by atoms with Crippen molar-refractivity contribution in [1.82, 2.24) is 0 Å². The molecule has 0 amide bonds. The summed E-state index contributed by atoms with van der Waals surface area (Å²) >= 11 is 6.17. The molecule has 1 N–H and O–H groups in total. The maximum atomic E-state index is 13.9. The van der Waals surface area contributed by atoms with Gasteiger partial charge in [0.1, 0.15) is 18.0 Å². The van der Waals surface area contributed by atoms with Crippen LogP contribution in [-0.2, 0) is 6.61 Å². The van der Waals surface area contributed by atoms with Crippen molar-refractivity contribution in [3.63, 3.8) is 0 Å². The molecule has 0 spiro atoms. The number of rotatable bonds is 6. The second-order valence-corrected chi connectivity index (χ2v) is 7.30. The van der Waals surface area contributed by atoms with Crippen molar-refractivity contribution in [3.8, 4) is 5.75 Å². The largest absolute Gasteiger partial charge is 0.488 e. The molecule has 4 aromatic rings. The molecular formula is C24H14ClF5N2O. The molecule has 0 aromatic heterocycles. The van der Waals surface area contributed by atoms with E-state index in [1.165, 1.54) is 6.21 Å². The lowest BCUT2D eigenvalue weighted by atomic mass is 10.0. The third-order valence-electron chi connectivity index (χ3n) is 4.85. The topological polar surface area (TPSA) is 33.6 Å². The fourth-order valence-corrected chi connectivity index (χ4v) is 3.36. The number of nitrogens with one attached hydrogen (secondary N) is 1. The third kappa shape index (κ3) is 4.47. The fraction of sp³-hybridized carbons (Fsp3) is 0.0417. The number of hydrogen-bond acceptors (Lipinski definition) is 3. The van der Waals surface area contributed by atoms with Crippen molar-refractivity contribution < 1.29 is 26.7 Å². The van der Waals surface area contributed by atoms with Crippen LogP contribution in [0.4, 0.5) is 27.6 Å². The molecule has 168 valence electrons. The lowest BCUT2D eigenvalue weighted by molar-refractivity contribution is 0.306. The zero-order valence-corrected chi connectivity index (χ0v) is 17.4. The number of hydrazone groups is 1. The minimum Gasteiger partial charge on any atom is -0.488 e. The van der Waals surface area contributed by atoms with Gasteiger partial charge in [-0.1, -0.05) is 60.1 Å². The molecule has 0 atom stereocenters. The number of fused-ring (bicyclic) bond motifs is 1. The SMILES string of the molecule is Fc1c(F)c(F)c(N/N=C/c2c(OCc3ccccc3Cl)ccc3ccccc23)c(F)c1F. The predicted molar refractivity (Wildman–Crippen MR) is 117 cm³/mol. The molecule has 0 unspecified atom stereocenters. The van der Waals surface area contributed by atoms with Crippen LogP contribution < -0.4 is 10.2 Å². The van der Waals surface area contributed by atoms with E-state index in [-0.39, 0.29) is 6.61 Å². The second-order valence-electron chi connectivity index (χ2n) is 6.89. The molecule has 0 saturated heterocycles. The van der Waals surface area contributed by atoms with E-state index >= 15 is 0 Å². The van der Waals surface area contributed by atoms with Gasteiger partial charge in [0, 0.05) is 16.1 Å². The van der Waals surface area contributed by atoms with Gasteiger partial charge >= 0.3 is 0 Å². The molecule has 33 heavy (non-hydrogen) atoms. The lowest BCUT2D eigenvalue weighted by Crippen LogP contribution is -2.07. The average molecular weight is 477 g/mol. The molecule has 4 aromatic carbocycles. The number of halogens is 6. The number of nitrogens with zero attached hydrogens (tertiary/aromatic N) is 1. The number of anilines is 1. The average Bonchev–Trinajstić information content (AvgIpc) is 2.83. The highest BCUT2D eigenvalue weighted by atomic mass is 35.5. The highest BCUT2D eigenvalue weighted by Crippen LogP contribution is 2.30. The van der Waals surface area contributed by atoms with Crippen LogP contribution in [0.15, 0.2) is 65.8 Å². The van der Waals surface area contributed by atoms with Gasteiger partial charge in [0.2, 0.25) is 5.82 Å². The summed E-state index contributed by atoms with van der Waals surface area (Å²) in [5.41, 5.74) is 1.81. The molecule has 0 heterocycles. The summed E-state index contributed by atoms with van der Waals surface area (Å²) in [5.74, 6) is -10.0. The Bertz CT molecular complexity index is 1350. The standard InChI is InChI=1S/C24H14ClF5N2O/c25-17-8-4-2-6-14(17)12-33-18-10-9-13-5-1-3-7-15(13)16(18)11-31-32-24-22(29)20(27)19(26)21(28)23(24)30/h1-11,32H,12H2/b31-11+. The van der Waals surface area contributed by atoms with Crippen LogP contribution in [0.2, 0.25) is 5.02 Å². The second kappa shape index (κ2) is 9.46. The monoisotopic (exact) mass is 476 g/mol. The van der Waals surface area contributed by atoms with Gasteiger partial charge in [0.25, 0.3) is 0 Å². The molecule has 4 rings (SSSR count). The Morgan fingerprint density at radius 3 is 2.15 bits per heavy atom. The summed E-state index contributed by atoms with van der Waals surface area (Å²) in [6.07, 6.45) is 1.18. The summed E-state index contributed by atoms with van der Waals surface area (Å²) < 4.78 is 73.8. The molecule has 3 nitrogen and oxygen atoms in total. The zero-order chi connectivity index (χ0) is 23.5. The van der Waals surface area contributed by atoms with E-state index in [0.29, 0.717) is 21.7 Å². The van der Waals surface area contributed by atoms with Crippen LogP contribution in [0.25, 0.3) is 10.8 Å². The molecule has 0 saturated carbocycles. The summed E-state index contributed by atoms with van der Waals surface area (Å²) in [5, 5.41) is 5.74. The van der Waals surface area contributed by atoms with E-state index < -0.39 is 34.8 Å². The van der Waals surface area contributed by atoms with Crippen molar-refractivity contribution >= 4 is 34.3 Å². The van der Waals surface area contributed by atoms with Crippen LogP contribution in [-0.4, -0.2) is 6.21 Å². The number of ether oxygens (including phenoxy) is 1. The first kappa shape index (κ1) is 22.5. The van der Waals surface area contributed by atoms with Gasteiger partial charge in [0.05, 0.1) is 6.21 Å². The van der Waals surface area contributed by atoms with E-state index in [1.807, 2.05) is 23.6 Å². The van der Waals surface area contributed by atoms with Crippen LogP contribution in [0.5, 0.6) is 5.75 Å². The Kier molecular flexibility index (Phi) is 6.46. The van der Waals surface area contributed by atoms with Gasteiger partial charge in [-0.05, 0) is 22.9 Å². The van der Waals surface area contributed by atoms with E-state index in [9.17, 15) is 22.0 Å². The molecule has 0 aliphatic heterocycles. The smallest absolute Gasteiger partial charge is 0.200 e. The van der Waals surface area contributed by atoms with Crippen molar-refractivity contribution in [1.29, 1.82) is 0 Å². The highest BCUT2D eigenvalue weighted by Gasteiger charge is 2.25. The molecule has 0 aliphatic carbocycles. The van der Waals surface area contributed by atoms with Crippen molar-refractivity contribution in [2.45, 2.75) is 6.61 Å². The first-order chi connectivity index (χ1) is 15.9. The third-order valence-corrected chi connectivity index (χ3v) is 5.22. The molecule has 0 bridgehead atoms. The molecular weight excluding hydrogens is 463 g/mol. The minimum absolute atomic E-state index is 0.129. The maximum absolute atomic E-state index is 13.9. The van der Waals surface area contributed by atoms with E-state index in [1.54, 1.807) is 42.5 Å². The highest BCUT2D eigenvalue weighted by molar-refractivity contribution is 6.31. The first-order valence-electron chi connectivity index (χ1n) is 9.57. The quantitative estimate of drug-likeness (QED) is 0.105. The predicted octanol–water partition coefficient (Wildman–Crippen LogP) is 7.21. The van der Waals surface area contributed by atoms with Gasteiger partial charge < -0.3 is 4.74 Å². The van der Waals surface area contributed by atoms with Crippen LogP contribution in [0.1, 0.15) is 11.1 Å². The van der Waals surface area contributed by atoms with Crippen LogP contribution in [0, 0.1) is 29.1 Å². The molecule has 0 fully saturated rings. The summed E-state index contributed by atoms with van der Waals surface area (Å²) in [4.78, 5) is 0. The Labute approximate surface area is 190 Å². The molecule has 0 aliphatic rings. The summed E-state index contributed by atoms with van der Waals surface area (Å²) in [7, 11) is 0. The van der Waals surface area contributed by atoms with Gasteiger partial charge in [0.15, 0.2) is 23.3 Å². The number of hydrogen-bond donors (Lipinski definition) is 1. The Morgan fingerprint density at radius 2 is 1.42 bits per heavy atom. The minimum atomic E-state index is -2.25. The molecule has 0 radical (unpaired) electrons. The Hall–Kier alpha value is -3.65. The number of benzene rings is 4. The van der Waals surface area contributed by atoms with E-state index in [2.05, 4.69) is 5.10 Å². The summed E-state index contributed by atoms with van der Waals surface area (Å²) in [6, 6.07) is 17.8. The van der Waals surface area contributed by atoms with Gasteiger partial charge in [-0.2, -0.15) is 5.10 Å². The maximum Gasteiger partial charge on any atom is 0.200 e. The van der Waals surface area contributed by atoms with Crippen LogP contribution in [0.3, 0.4) is 0 Å². The summed E-state index contributed by atoms with van der Waals surface area (Å²) in [6.45, 7) is 0.129. The van der Waals surface area contributed by atoms with E-state index in [4.69, 9.17) is 16.3 Å². The van der Waals surface area contributed by atoms with Gasteiger partial charge in [-0.15, -0.1) is 0 Å². The fourth-order valence-electron chi connectivity index (χ4n) is 3.17. The first-order valence-corrected chi connectivity index (χ1v) is 9.94. The lowest BCUT2D eigenvalue weighted by Gasteiger charge is -2.13. The zero-order valence-electron chi connectivity index (χ0n) is 16.7. The van der Waals surface area contributed by atoms with Crippen molar-refractivity contribution in [3.05, 3.63) is 106 Å². The Morgan fingerprint density at radius 1 is 0.788 bits per heavy atom. The molecule has 9 heteroatoms. The van der Waals surface area contributed by atoms with Crippen molar-refractivity contribution in [2.24, 2.45) is 5.10 Å². The normalized spacial score (nSPS) is 11.3. The van der Waals surface area contributed by atoms with Gasteiger partial charge in [-0.3, -0.25) is 5.43 Å². The van der Waals surface area contributed by atoms with E-state index in [0.717, 1.165) is 10.9 Å². The van der Waals surface area contributed by atoms with Crippen LogP contribution >= 0.6 is 11.6 Å². The van der Waals surface area contributed by atoms with Crippen molar-refractivity contribution in [2.75, 3.05) is 5.43 Å². The Balaban J connectivity index is 1.69.